The van der Waals surface area contributed by atoms with Gasteiger partial charge in [0.2, 0.25) is 0 Å². The van der Waals surface area contributed by atoms with Crippen molar-refractivity contribution in [3.63, 3.8) is 0 Å². The second kappa shape index (κ2) is 4.54. The lowest BCUT2D eigenvalue weighted by atomic mass is 10.3. The first kappa shape index (κ1) is 10.9. The number of fused-ring (bicyclic) bond motifs is 1. The zero-order valence-electron chi connectivity index (χ0n) is 9.35. The molecule has 3 heterocycles. The highest BCUT2D eigenvalue weighted by Crippen LogP contribution is 2.08. The second-order valence-corrected chi connectivity index (χ2v) is 4.54. The molecule has 0 amide bonds. The molecule has 0 aliphatic carbocycles. The van der Waals surface area contributed by atoms with Crippen LogP contribution in [-0.2, 0) is 0 Å². The van der Waals surface area contributed by atoms with E-state index < -0.39 is 0 Å². The number of aromatic nitrogens is 3. The van der Waals surface area contributed by atoms with Crippen molar-refractivity contribution in [3.05, 3.63) is 63.8 Å². The predicted molar refractivity (Wildman–Crippen MR) is 72.5 cm³/mol. The van der Waals surface area contributed by atoms with E-state index in [0.29, 0.717) is 10.7 Å². The number of hydrogen-bond acceptors (Lipinski definition) is 4. The Kier molecular flexibility index (Phi) is 2.74. The van der Waals surface area contributed by atoms with Gasteiger partial charge in [-0.05, 0) is 24.3 Å². The van der Waals surface area contributed by atoms with Crippen molar-refractivity contribution < 1.29 is 0 Å². The molecular formula is C13H9N3OS. The molecule has 0 bridgehead atoms. The number of thiazole rings is 1. The molecular weight excluding hydrogens is 246 g/mol. The average Bonchev–Trinajstić information content (AvgIpc) is 2.86. The van der Waals surface area contributed by atoms with E-state index in [9.17, 15) is 4.79 Å². The first-order chi connectivity index (χ1) is 8.83. The van der Waals surface area contributed by atoms with Gasteiger partial charge in [0.15, 0.2) is 4.96 Å². The lowest BCUT2D eigenvalue weighted by molar-refractivity contribution is 1.07. The summed E-state index contributed by atoms with van der Waals surface area (Å²) < 4.78 is 1.53. The van der Waals surface area contributed by atoms with Crippen molar-refractivity contribution >= 4 is 28.4 Å². The molecule has 88 valence electrons. The molecule has 0 aromatic carbocycles. The SMILES string of the molecule is O=c1cc(/C=C/c2ccccn2)nc2sccn12. The molecule has 0 spiro atoms. The Balaban J connectivity index is 2.00. The van der Waals surface area contributed by atoms with Crippen LogP contribution in [0.1, 0.15) is 11.4 Å². The van der Waals surface area contributed by atoms with Gasteiger partial charge in [-0.1, -0.05) is 6.07 Å². The van der Waals surface area contributed by atoms with Crippen molar-refractivity contribution in [2.24, 2.45) is 0 Å². The highest BCUT2D eigenvalue weighted by Gasteiger charge is 2.00. The van der Waals surface area contributed by atoms with Crippen LogP contribution in [-0.4, -0.2) is 14.4 Å². The van der Waals surface area contributed by atoms with Gasteiger partial charge in [0.25, 0.3) is 5.56 Å². The maximum absolute atomic E-state index is 11.8. The molecule has 0 saturated carbocycles. The van der Waals surface area contributed by atoms with Gasteiger partial charge in [-0.3, -0.25) is 14.2 Å². The normalized spacial score (nSPS) is 11.3. The molecule has 0 atom stereocenters. The largest absolute Gasteiger partial charge is 0.269 e. The fourth-order valence-electron chi connectivity index (χ4n) is 1.59. The highest BCUT2D eigenvalue weighted by molar-refractivity contribution is 7.15. The Morgan fingerprint density at radius 1 is 1.22 bits per heavy atom. The van der Waals surface area contributed by atoms with E-state index in [4.69, 9.17) is 0 Å². The number of pyridine rings is 1. The summed E-state index contributed by atoms with van der Waals surface area (Å²) in [6, 6.07) is 7.18. The number of nitrogens with zero attached hydrogens (tertiary/aromatic N) is 3. The van der Waals surface area contributed by atoms with Crippen LogP contribution in [0.5, 0.6) is 0 Å². The minimum atomic E-state index is -0.0677. The molecule has 3 aromatic heterocycles. The molecule has 3 rings (SSSR count). The van der Waals surface area contributed by atoms with Gasteiger partial charge in [-0.15, -0.1) is 11.3 Å². The lowest BCUT2D eigenvalue weighted by Gasteiger charge is -1.95. The minimum Gasteiger partial charge on any atom is -0.269 e. The Morgan fingerprint density at radius 2 is 2.11 bits per heavy atom. The number of rotatable bonds is 2. The van der Waals surface area contributed by atoms with Crippen molar-refractivity contribution in [3.8, 4) is 0 Å². The van der Waals surface area contributed by atoms with Crippen LogP contribution in [0.25, 0.3) is 17.1 Å². The molecule has 3 aromatic rings. The first-order valence-corrected chi connectivity index (χ1v) is 6.27. The summed E-state index contributed by atoms with van der Waals surface area (Å²) in [5.41, 5.74) is 1.42. The van der Waals surface area contributed by atoms with Crippen LogP contribution in [0, 0.1) is 0 Å². The summed E-state index contributed by atoms with van der Waals surface area (Å²) >= 11 is 1.44. The summed E-state index contributed by atoms with van der Waals surface area (Å²) in [5.74, 6) is 0. The third kappa shape index (κ3) is 2.08. The monoisotopic (exact) mass is 255 g/mol. The predicted octanol–water partition coefficient (Wildman–Crippen LogP) is 2.32. The van der Waals surface area contributed by atoms with Crippen LogP contribution in [0.4, 0.5) is 0 Å². The topological polar surface area (TPSA) is 47.3 Å². The van der Waals surface area contributed by atoms with Gasteiger partial charge in [-0.25, -0.2) is 4.98 Å². The lowest BCUT2D eigenvalue weighted by Crippen LogP contribution is -2.11. The maximum atomic E-state index is 11.8. The number of hydrogen-bond donors (Lipinski definition) is 0. The van der Waals surface area contributed by atoms with Crippen LogP contribution < -0.4 is 5.56 Å². The third-order valence-corrected chi connectivity index (χ3v) is 3.19. The summed E-state index contributed by atoms with van der Waals surface area (Å²) in [7, 11) is 0. The summed E-state index contributed by atoms with van der Waals surface area (Å²) in [4.78, 5) is 21.0. The summed E-state index contributed by atoms with van der Waals surface area (Å²) in [6.45, 7) is 0. The Morgan fingerprint density at radius 3 is 2.94 bits per heavy atom. The molecule has 0 fully saturated rings. The quantitative estimate of drug-likeness (QED) is 0.706. The van der Waals surface area contributed by atoms with E-state index >= 15 is 0 Å². The van der Waals surface area contributed by atoms with Crippen molar-refractivity contribution in [2.75, 3.05) is 0 Å². The van der Waals surface area contributed by atoms with Gasteiger partial charge >= 0.3 is 0 Å². The Hall–Kier alpha value is -2.27. The molecule has 0 N–H and O–H groups in total. The van der Waals surface area contributed by atoms with E-state index in [-0.39, 0.29) is 5.56 Å². The Labute approximate surface area is 107 Å². The van der Waals surface area contributed by atoms with E-state index in [1.54, 1.807) is 18.5 Å². The van der Waals surface area contributed by atoms with Gasteiger partial charge in [0.05, 0.1) is 11.4 Å². The molecule has 0 radical (unpaired) electrons. The smallest absolute Gasteiger partial charge is 0.259 e. The molecule has 0 saturated heterocycles. The Bertz CT molecular complexity index is 759. The zero-order valence-corrected chi connectivity index (χ0v) is 10.2. The van der Waals surface area contributed by atoms with Crippen molar-refractivity contribution in [1.29, 1.82) is 0 Å². The fraction of sp³-hybridized carbons (Fsp3) is 0. The molecule has 5 heteroatoms. The van der Waals surface area contributed by atoms with Gasteiger partial charge in [-0.2, -0.15) is 0 Å². The minimum absolute atomic E-state index is 0.0677. The fourth-order valence-corrected chi connectivity index (χ4v) is 2.32. The molecule has 0 unspecified atom stereocenters. The summed E-state index contributed by atoms with van der Waals surface area (Å²) in [6.07, 6.45) is 7.08. The van der Waals surface area contributed by atoms with Gasteiger partial charge in [0, 0.05) is 23.8 Å². The molecule has 4 nitrogen and oxygen atoms in total. The van der Waals surface area contributed by atoms with Crippen molar-refractivity contribution in [2.45, 2.75) is 0 Å². The highest BCUT2D eigenvalue weighted by atomic mass is 32.1. The van der Waals surface area contributed by atoms with Crippen LogP contribution in [0.2, 0.25) is 0 Å². The maximum Gasteiger partial charge on any atom is 0.259 e. The van der Waals surface area contributed by atoms with Crippen molar-refractivity contribution in [1.82, 2.24) is 14.4 Å². The van der Waals surface area contributed by atoms with Gasteiger partial charge in [0.1, 0.15) is 0 Å². The molecule has 0 aliphatic heterocycles. The zero-order chi connectivity index (χ0) is 12.4. The molecule has 0 aliphatic rings. The van der Waals surface area contributed by atoms with Crippen LogP contribution >= 0.6 is 11.3 Å². The van der Waals surface area contributed by atoms with E-state index in [1.165, 1.54) is 21.8 Å². The van der Waals surface area contributed by atoms with Gasteiger partial charge < -0.3 is 0 Å². The van der Waals surface area contributed by atoms with E-state index in [2.05, 4.69) is 9.97 Å². The summed E-state index contributed by atoms with van der Waals surface area (Å²) in [5, 5.41) is 1.84. The van der Waals surface area contributed by atoms with Crippen LogP contribution in [0.15, 0.2) is 46.8 Å². The van der Waals surface area contributed by atoms with E-state index in [1.807, 2.05) is 29.7 Å². The molecule has 18 heavy (non-hydrogen) atoms. The van der Waals surface area contributed by atoms with E-state index in [0.717, 1.165) is 5.69 Å². The second-order valence-electron chi connectivity index (χ2n) is 3.66. The average molecular weight is 255 g/mol. The van der Waals surface area contributed by atoms with Crippen LogP contribution in [0.3, 0.4) is 0 Å². The standard InChI is InChI=1S/C13H9N3OS/c17-12-9-11(15-13-16(12)7-8-18-13)5-4-10-3-1-2-6-14-10/h1-9H/b5-4+. The first-order valence-electron chi connectivity index (χ1n) is 5.39. The third-order valence-electron chi connectivity index (χ3n) is 2.44.